The van der Waals surface area contributed by atoms with Crippen molar-refractivity contribution < 1.29 is 9.90 Å². The van der Waals surface area contributed by atoms with Crippen LogP contribution >= 0.6 is 0 Å². The zero-order valence-electron chi connectivity index (χ0n) is 7.29. The predicted molar refractivity (Wildman–Crippen MR) is 46.2 cm³/mol. The van der Waals surface area contributed by atoms with E-state index in [0.29, 0.717) is 0 Å². The minimum Gasteiger partial charge on any atom is -0.481 e. The molecule has 1 heterocycles. The lowest BCUT2D eigenvalue weighted by atomic mass is 10.1. The molecular weight excluding hydrogens is 154 g/mol. The largest absolute Gasteiger partial charge is 0.481 e. The van der Waals surface area contributed by atoms with Crippen LogP contribution in [0.25, 0.3) is 0 Å². The highest BCUT2D eigenvalue weighted by atomic mass is 16.4. The van der Waals surface area contributed by atoms with Crippen molar-refractivity contribution in [3.8, 4) is 0 Å². The van der Waals surface area contributed by atoms with Crippen molar-refractivity contribution in [1.82, 2.24) is 4.98 Å². The normalized spacial score (nSPS) is 12.8. The van der Waals surface area contributed by atoms with Crippen LogP contribution in [-0.4, -0.2) is 16.1 Å². The second-order valence-corrected chi connectivity index (χ2v) is 2.85. The number of aromatic amines is 1. The average molecular weight is 167 g/mol. The fourth-order valence-corrected chi connectivity index (χ4v) is 1.05. The lowest BCUT2D eigenvalue weighted by Gasteiger charge is -2.01. The number of aliphatic carboxylic acids is 1. The molecule has 0 aliphatic heterocycles. The second kappa shape index (κ2) is 3.43. The lowest BCUT2D eigenvalue weighted by Crippen LogP contribution is -2.07. The number of carbonyl (C=O) groups is 1. The maximum absolute atomic E-state index is 10.6. The first kappa shape index (κ1) is 8.84. The van der Waals surface area contributed by atoms with Crippen molar-refractivity contribution in [2.24, 2.45) is 0 Å². The van der Waals surface area contributed by atoms with Crippen LogP contribution in [0.1, 0.15) is 31.2 Å². The minimum atomic E-state index is -0.792. The van der Waals surface area contributed by atoms with Gasteiger partial charge in [0.05, 0.1) is 5.92 Å². The van der Waals surface area contributed by atoms with Gasteiger partial charge in [0.15, 0.2) is 0 Å². The highest BCUT2D eigenvalue weighted by molar-refractivity contribution is 5.74. The molecule has 66 valence electrons. The fraction of sp³-hybridized carbons (Fsp3) is 0.444. The summed E-state index contributed by atoms with van der Waals surface area (Å²) in [4.78, 5) is 13.6. The van der Waals surface area contributed by atoms with E-state index in [1.165, 1.54) is 0 Å². The molecule has 1 unspecified atom stereocenters. The summed E-state index contributed by atoms with van der Waals surface area (Å²) in [5, 5.41) is 8.70. The number of aryl methyl sites for hydroxylation is 1. The number of H-pyrrole nitrogens is 1. The molecule has 1 atom stereocenters. The van der Waals surface area contributed by atoms with Crippen LogP contribution in [0, 0.1) is 0 Å². The first-order chi connectivity index (χ1) is 5.65. The van der Waals surface area contributed by atoms with E-state index in [4.69, 9.17) is 5.11 Å². The molecule has 0 spiro atoms. The van der Waals surface area contributed by atoms with Gasteiger partial charge in [-0.1, -0.05) is 6.92 Å². The molecule has 0 fully saturated rings. The van der Waals surface area contributed by atoms with Gasteiger partial charge >= 0.3 is 5.97 Å². The van der Waals surface area contributed by atoms with E-state index in [1.807, 2.05) is 19.1 Å². The van der Waals surface area contributed by atoms with Gasteiger partial charge < -0.3 is 10.1 Å². The van der Waals surface area contributed by atoms with Crippen LogP contribution in [-0.2, 0) is 11.2 Å². The Balaban J connectivity index is 2.81. The van der Waals surface area contributed by atoms with Crippen LogP contribution in [0.5, 0.6) is 0 Å². The second-order valence-electron chi connectivity index (χ2n) is 2.85. The van der Waals surface area contributed by atoms with E-state index in [9.17, 15) is 4.79 Å². The summed E-state index contributed by atoms with van der Waals surface area (Å²) in [6.45, 7) is 3.70. The fourth-order valence-electron chi connectivity index (χ4n) is 1.05. The van der Waals surface area contributed by atoms with Gasteiger partial charge in [-0.15, -0.1) is 0 Å². The number of hydrogen-bond acceptors (Lipinski definition) is 1. The smallest absolute Gasteiger partial charge is 0.312 e. The average Bonchev–Trinajstić information content (AvgIpc) is 2.50. The Morgan fingerprint density at radius 3 is 2.75 bits per heavy atom. The van der Waals surface area contributed by atoms with E-state index in [2.05, 4.69) is 4.98 Å². The van der Waals surface area contributed by atoms with Crippen LogP contribution in [0.4, 0.5) is 0 Å². The van der Waals surface area contributed by atoms with Crippen molar-refractivity contribution in [2.75, 3.05) is 0 Å². The quantitative estimate of drug-likeness (QED) is 0.720. The van der Waals surface area contributed by atoms with E-state index in [-0.39, 0.29) is 0 Å². The van der Waals surface area contributed by atoms with Gasteiger partial charge in [0.2, 0.25) is 0 Å². The summed E-state index contributed by atoms with van der Waals surface area (Å²) >= 11 is 0. The van der Waals surface area contributed by atoms with Crippen molar-refractivity contribution in [2.45, 2.75) is 26.2 Å². The Labute approximate surface area is 71.4 Å². The molecule has 0 aliphatic carbocycles. The summed E-state index contributed by atoms with van der Waals surface area (Å²) in [5.74, 6) is -1.23. The summed E-state index contributed by atoms with van der Waals surface area (Å²) in [7, 11) is 0. The molecule has 12 heavy (non-hydrogen) atoms. The molecule has 3 heteroatoms. The molecule has 1 aromatic heterocycles. The van der Waals surface area contributed by atoms with Gasteiger partial charge in [-0.25, -0.2) is 0 Å². The SMILES string of the molecule is CCc1ccc(C(C)C(=O)O)[nH]1. The van der Waals surface area contributed by atoms with Gasteiger partial charge in [0.25, 0.3) is 0 Å². The monoisotopic (exact) mass is 167 g/mol. The number of nitrogens with one attached hydrogen (secondary N) is 1. The standard InChI is InChI=1S/C9H13NO2/c1-3-7-4-5-8(10-7)6(2)9(11)12/h4-6,10H,3H2,1-2H3,(H,11,12). The first-order valence-corrected chi connectivity index (χ1v) is 4.05. The molecule has 0 bridgehead atoms. The third-order valence-electron chi connectivity index (χ3n) is 1.99. The molecule has 1 aromatic rings. The Bertz CT molecular complexity index is 278. The highest BCUT2D eigenvalue weighted by Crippen LogP contribution is 2.14. The topological polar surface area (TPSA) is 53.1 Å². The van der Waals surface area contributed by atoms with Crippen LogP contribution in [0.2, 0.25) is 0 Å². The van der Waals surface area contributed by atoms with E-state index >= 15 is 0 Å². The predicted octanol–water partition coefficient (Wildman–Crippen LogP) is 1.77. The zero-order valence-corrected chi connectivity index (χ0v) is 7.29. The molecular formula is C9H13NO2. The maximum Gasteiger partial charge on any atom is 0.312 e. The summed E-state index contributed by atoms with van der Waals surface area (Å²) < 4.78 is 0. The summed E-state index contributed by atoms with van der Waals surface area (Å²) in [6.07, 6.45) is 0.909. The molecule has 3 nitrogen and oxygen atoms in total. The lowest BCUT2D eigenvalue weighted by molar-refractivity contribution is -0.138. The molecule has 0 amide bonds. The van der Waals surface area contributed by atoms with Gasteiger partial charge in [0.1, 0.15) is 0 Å². The minimum absolute atomic E-state index is 0.440. The molecule has 0 aliphatic rings. The third kappa shape index (κ3) is 1.67. The number of carboxylic acids is 1. The number of aromatic nitrogens is 1. The number of carboxylic acid groups (broad SMARTS) is 1. The molecule has 0 saturated carbocycles. The highest BCUT2D eigenvalue weighted by Gasteiger charge is 2.14. The Hall–Kier alpha value is -1.25. The van der Waals surface area contributed by atoms with Crippen LogP contribution in [0.3, 0.4) is 0 Å². The van der Waals surface area contributed by atoms with E-state index < -0.39 is 11.9 Å². The Morgan fingerprint density at radius 2 is 2.33 bits per heavy atom. The third-order valence-corrected chi connectivity index (χ3v) is 1.99. The number of hydrogen-bond donors (Lipinski definition) is 2. The van der Waals surface area contributed by atoms with Gasteiger partial charge in [0, 0.05) is 11.4 Å². The van der Waals surface area contributed by atoms with Crippen molar-refractivity contribution in [1.29, 1.82) is 0 Å². The molecule has 0 saturated heterocycles. The molecule has 2 N–H and O–H groups in total. The van der Waals surface area contributed by atoms with Gasteiger partial charge in [-0.05, 0) is 25.5 Å². The van der Waals surface area contributed by atoms with Gasteiger partial charge in [-0.2, -0.15) is 0 Å². The molecule has 1 rings (SSSR count). The van der Waals surface area contributed by atoms with Crippen molar-refractivity contribution in [3.63, 3.8) is 0 Å². The first-order valence-electron chi connectivity index (χ1n) is 4.05. The molecule has 0 radical (unpaired) electrons. The maximum atomic E-state index is 10.6. The van der Waals surface area contributed by atoms with E-state index in [1.54, 1.807) is 6.92 Å². The van der Waals surface area contributed by atoms with Gasteiger partial charge in [-0.3, -0.25) is 4.79 Å². The molecule has 0 aromatic carbocycles. The van der Waals surface area contributed by atoms with Crippen LogP contribution in [0.15, 0.2) is 12.1 Å². The van der Waals surface area contributed by atoms with Crippen molar-refractivity contribution in [3.05, 3.63) is 23.5 Å². The Morgan fingerprint density at radius 1 is 1.67 bits per heavy atom. The Kier molecular flexibility index (Phi) is 2.53. The number of rotatable bonds is 3. The van der Waals surface area contributed by atoms with Crippen LogP contribution < -0.4 is 0 Å². The summed E-state index contributed by atoms with van der Waals surface area (Å²) in [6, 6.07) is 3.76. The van der Waals surface area contributed by atoms with E-state index in [0.717, 1.165) is 17.8 Å². The van der Waals surface area contributed by atoms with Crippen molar-refractivity contribution >= 4 is 5.97 Å². The zero-order chi connectivity index (χ0) is 9.14. The summed E-state index contributed by atoms with van der Waals surface area (Å²) in [5.41, 5.74) is 1.86.